The number of rotatable bonds is 9. The molecule has 8 heteroatoms. The summed E-state index contributed by atoms with van der Waals surface area (Å²) in [6.07, 6.45) is 0.147. The van der Waals surface area contributed by atoms with E-state index in [2.05, 4.69) is 10.5 Å². The Morgan fingerprint density at radius 3 is 2.19 bits per heavy atom. The molecule has 1 N–H and O–H groups in total. The Kier molecular flexibility index (Phi) is 10.3. The molecule has 0 saturated heterocycles. The van der Waals surface area contributed by atoms with Gasteiger partial charge in [0.05, 0.1) is 6.61 Å². The van der Waals surface area contributed by atoms with Crippen LogP contribution in [0, 0.1) is 0 Å². The molecule has 1 aromatic carbocycles. The Labute approximate surface area is 185 Å². The van der Waals surface area contributed by atoms with Gasteiger partial charge in [0.15, 0.2) is 0 Å². The predicted octanol–water partition coefficient (Wildman–Crippen LogP) is 4.57. The molecule has 1 aromatic rings. The minimum absolute atomic E-state index is 0.305. The van der Waals surface area contributed by atoms with Crippen molar-refractivity contribution in [1.29, 1.82) is 0 Å². The standard InChI is InChI=1S/C23H36N2O6/c1-17(25-29-16-18-12-9-8-10-13-18)28-15-11-14-19(20(26)30-22(2,3)4)24-21(27)31-23(5,6)7/h8-10,12-13,19H,11,14-16H2,1-7H3,(H,24,27)/b25-17+/t19-/m0/s1. The van der Waals surface area contributed by atoms with Gasteiger partial charge in [-0.15, -0.1) is 0 Å². The first-order chi connectivity index (χ1) is 14.4. The molecule has 0 fully saturated rings. The summed E-state index contributed by atoms with van der Waals surface area (Å²) in [5.41, 5.74) is -0.327. The van der Waals surface area contributed by atoms with E-state index in [9.17, 15) is 9.59 Å². The van der Waals surface area contributed by atoms with E-state index in [1.54, 1.807) is 48.5 Å². The number of hydrogen-bond donors (Lipinski definition) is 1. The van der Waals surface area contributed by atoms with Gasteiger partial charge in [-0.2, -0.15) is 0 Å². The highest BCUT2D eigenvalue weighted by atomic mass is 16.6. The molecule has 174 valence electrons. The number of nitrogens with one attached hydrogen (secondary N) is 1. The maximum atomic E-state index is 12.5. The third-order valence-electron chi connectivity index (χ3n) is 3.60. The van der Waals surface area contributed by atoms with Gasteiger partial charge in [-0.3, -0.25) is 0 Å². The average molecular weight is 437 g/mol. The lowest BCUT2D eigenvalue weighted by molar-refractivity contribution is -0.157. The van der Waals surface area contributed by atoms with Crippen LogP contribution in [0.5, 0.6) is 0 Å². The number of alkyl carbamates (subject to hydrolysis) is 1. The fourth-order valence-corrected chi connectivity index (χ4v) is 2.38. The van der Waals surface area contributed by atoms with Gasteiger partial charge in [0.25, 0.3) is 0 Å². The summed E-state index contributed by atoms with van der Waals surface area (Å²) < 4.78 is 16.2. The van der Waals surface area contributed by atoms with E-state index < -0.39 is 29.3 Å². The quantitative estimate of drug-likeness (QED) is 0.200. The molecule has 0 aliphatic heterocycles. The molecule has 1 rings (SSSR count). The van der Waals surface area contributed by atoms with Gasteiger partial charge in [-0.25, -0.2) is 9.59 Å². The van der Waals surface area contributed by atoms with Gasteiger partial charge in [0, 0.05) is 6.92 Å². The van der Waals surface area contributed by atoms with Crippen LogP contribution >= 0.6 is 0 Å². The third kappa shape index (κ3) is 13.2. The summed E-state index contributed by atoms with van der Waals surface area (Å²) in [4.78, 5) is 29.9. The summed E-state index contributed by atoms with van der Waals surface area (Å²) in [6.45, 7) is 12.9. The Hall–Kier alpha value is -2.77. The van der Waals surface area contributed by atoms with E-state index in [0.29, 0.717) is 32.0 Å². The van der Waals surface area contributed by atoms with Gasteiger partial charge >= 0.3 is 12.1 Å². The van der Waals surface area contributed by atoms with Crippen LogP contribution in [0.15, 0.2) is 35.5 Å². The Bertz CT molecular complexity index is 720. The van der Waals surface area contributed by atoms with Gasteiger partial charge < -0.3 is 24.4 Å². The third-order valence-corrected chi connectivity index (χ3v) is 3.60. The van der Waals surface area contributed by atoms with Gasteiger partial charge in [0.1, 0.15) is 23.9 Å². The van der Waals surface area contributed by atoms with Crippen LogP contribution in [0.2, 0.25) is 0 Å². The smallest absolute Gasteiger partial charge is 0.408 e. The maximum Gasteiger partial charge on any atom is 0.408 e. The van der Waals surface area contributed by atoms with Crippen molar-refractivity contribution in [2.45, 2.75) is 85.2 Å². The molecule has 0 saturated carbocycles. The van der Waals surface area contributed by atoms with Crippen molar-refractivity contribution in [2.75, 3.05) is 6.61 Å². The molecule has 31 heavy (non-hydrogen) atoms. The molecule has 0 aliphatic rings. The molecule has 1 amide bonds. The highest BCUT2D eigenvalue weighted by molar-refractivity contribution is 5.81. The largest absolute Gasteiger partial charge is 0.479 e. The van der Waals surface area contributed by atoms with Crippen LogP contribution in [0.4, 0.5) is 4.79 Å². The summed E-state index contributed by atoms with van der Waals surface area (Å²) in [7, 11) is 0. The Morgan fingerprint density at radius 1 is 1.00 bits per heavy atom. The fourth-order valence-electron chi connectivity index (χ4n) is 2.38. The van der Waals surface area contributed by atoms with E-state index in [4.69, 9.17) is 19.0 Å². The number of esters is 1. The second kappa shape index (κ2) is 12.2. The second-order valence-corrected chi connectivity index (χ2v) is 9.09. The Balaban J connectivity index is 2.50. The first-order valence-electron chi connectivity index (χ1n) is 10.4. The SMILES string of the molecule is C/C(=N\OCc1ccccc1)OCCC[C@H](NC(=O)OC(C)(C)C)C(=O)OC(C)(C)C. The van der Waals surface area contributed by atoms with Crippen LogP contribution < -0.4 is 5.32 Å². The lowest BCUT2D eigenvalue weighted by atomic mass is 10.1. The zero-order valence-corrected chi connectivity index (χ0v) is 19.7. The molecule has 0 radical (unpaired) electrons. The number of oxime groups is 1. The molecule has 0 aliphatic carbocycles. The normalized spacial score (nSPS) is 13.2. The fraction of sp³-hybridized carbons (Fsp3) is 0.609. The highest BCUT2D eigenvalue weighted by Crippen LogP contribution is 2.13. The van der Waals surface area contributed by atoms with E-state index in [1.807, 2.05) is 30.3 Å². The molecular weight excluding hydrogens is 400 g/mol. The minimum atomic E-state index is -0.843. The molecule has 0 unspecified atom stereocenters. The van der Waals surface area contributed by atoms with Crippen molar-refractivity contribution >= 4 is 18.0 Å². The van der Waals surface area contributed by atoms with Crippen molar-refractivity contribution in [3.63, 3.8) is 0 Å². The van der Waals surface area contributed by atoms with Crippen LogP contribution in [0.25, 0.3) is 0 Å². The van der Waals surface area contributed by atoms with Crippen LogP contribution in [-0.4, -0.2) is 41.8 Å². The number of benzene rings is 1. The molecular formula is C23H36N2O6. The van der Waals surface area contributed by atoms with Crippen molar-refractivity contribution in [3.05, 3.63) is 35.9 Å². The molecule has 1 atom stereocenters. The van der Waals surface area contributed by atoms with Crippen molar-refractivity contribution in [3.8, 4) is 0 Å². The average Bonchev–Trinajstić information content (AvgIpc) is 2.62. The monoisotopic (exact) mass is 436 g/mol. The summed E-state index contributed by atoms with van der Waals surface area (Å²) in [6, 6.07) is 8.84. The lowest BCUT2D eigenvalue weighted by Crippen LogP contribution is -2.46. The second-order valence-electron chi connectivity index (χ2n) is 9.09. The number of hydrogen-bond acceptors (Lipinski definition) is 7. The van der Waals surface area contributed by atoms with Crippen LogP contribution in [-0.2, 0) is 30.4 Å². The van der Waals surface area contributed by atoms with Crippen molar-refractivity contribution in [2.24, 2.45) is 5.16 Å². The van der Waals surface area contributed by atoms with Crippen LogP contribution in [0.1, 0.15) is 66.9 Å². The summed E-state index contributed by atoms with van der Waals surface area (Å²) in [5, 5.41) is 6.51. The molecule has 0 bridgehead atoms. The van der Waals surface area contributed by atoms with Gasteiger partial charge in [-0.1, -0.05) is 35.5 Å². The first-order valence-corrected chi connectivity index (χ1v) is 10.4. The summed E-state index contributed by atoms with van der Waals surface area (Å²) >= 11 is 0. The molecule has 8 nitrogen and oxygen atoms in total. The number of carbonyl (C=O) groups is 2. The van der Waals surface area contributed by atoms with E-state index in [-0.39, 0.29) is 0 Å². The van der Waals surface area contributed by atoms with Gasteiger partial charge in [0.2, 0.25) is 5.90 Å². The number of nitrogens with zero attached hydrogens (tertiary/aromatic N) is 1. The molecule has 0 heterocycles. The maximum absolute atomic E-state index is 12.5. The number of carbonyl (C=O) groups excluding carboxylic acids is 2. The van der Waals surface area contributed by atoms with Gasteiger partial charge in [-0.05, 0) is 59.9 Å². The van der Waals surface area contributed by atoms with Crippen molar-refractivity contribution in [1.82, 2.24) is 5.32 Å². The van der Waals surface area contributed by atoms with E-state index in [0.717, 1.165) is 5.56 Å². The molecule has 0 spiro atoms. The zero-order chi connectivity index (χ0) is 23.5. The minimum Gasteiger partial charge on any atom is -0.479 e. The zero-order valence-electron chi connectivity index (χ0n) is 19.7. The predicted molar refractivity (Wildman–Crippen MR) is 119 cm³/mol. The lowest BCUT2D eigenvalue weighted by Gasteiger charge is -2.26. The molecule has 0 aromatic heterocycles. The Morgan fingerprint density at radius 2 is 1.61 bits per heavy atom. The van der Waals surface area contributed by atoms with Crippen molar-refractivity contribution < 1.29 is 28.6 Å². The first kappa shape index (κ1) is 26.3. The number of amides is 1. The number of ether oxygens (including phenoxy) is 3. The highest BCUT2D eigenvalue weighted by Gasteiger charge is 2.28. The topological polar surface area (TPSA) is 95.5 Å². The van der Waals surface area contributed by atoms with E-state index in [1.165, 1.54) is 0 Å². The van der Waals surface area contributed by atoms with Crippen LogP contribution in [0.3, 0.4) is 0 Å². The summed E-state index contributed by atoms with van der Waals surface area (Å²) in [5.74, 6) is -0.139. The van der Waals surface area contributed by atoms with E-state index >= 15 is 0 Å².